The fraction of sp³-hybridized carbons (Fsp3) is 0.154. The van der Waals surface area contributed by atoms with E-state index in [9.17, 15) is 0 Å². The van der Waals surface area contributed by atoms with Gasteiger partial charge >= 0.3 is 0 Å². The molecule has 0 aliphatic rings. The van der Waals surface area contributed by atoms with E-state index in [1.54, 1.807) is 13.1 Å². The lowest BCUT2D eigenvalue weighted by atomic mass is 10.1. The summed E-state index contributed by atoms with van der Waals surface area (Å²) in [5.41, 5.74) is 4.03. The number of aryl methyl sites for hydroxylation is 1. The number of hydrogen-bond acceptors (Lipinski definition) is 3. The molecular formula is C13H16N4. The third-order valence-corrected chi connectivity index (χ3v) is 2.54. The predicted octanol–water partition coefficient (Wildman–Crippen LogP) is 2.20. The van der Waals surface area contributed by atoms with E-state index in [4.69, 9.17) is 5.84 Å². The smallest absolute Gasteiger partial charge is 0.137 e. The van der Waals surface area contributed by atoms with Gasteiger partial charge in [0.1, 0.15) is 5.65 Å². The Balaban J connectivity index is 2.62. The summed E-state index contributed by atoms with van der Waals surface area (Å²) in [6.07, 6.45) is 7.38. The zero-order valence-electron chi connectivity index (χ0n) is 10.1. The predicted molar refractivity (Wildman–Crippen MR) is 71.0 cm³/mol. The summed E-state index contributed by atoms with van der Waals surface area (Å²) in [6, 6.07) is 2.10. The minimum atomic E-state index is 0.873. The van der Waals surface area contributed by atoms with Gasteiger partial charge in [-0.2, -0.15) is 0 Å². The second kappa shape index (κ2) is 4.43. The Morgan fingerprint density at radius 1 is 1.59 bits per heavy atom. The largest absolute Gasteiger partial charge is 0.346 e. The first-order chi connectivity index (χ1) is 8.11. The van der Waals surface area contributed by atoms with Crippen molar-refractivity contribution in [2.24, 2.45) is 5.84 Å². The Kier molecular flexibility index (Phi) is 2.97. The average molecular weight is 228 g/mol. The van der Waals surface area contributed by atoms with E-state index in [1.165, 1.54) is 5.01 Å². The van der Waals surface area contributed by atoms with Crippen LogP contribution in [0.1, 0.15) is 11.1 Å². The molecule has 0 saturated carbocycles. The Hall–Kier alpha value is -2.07. The Labute approximate surface area is 100 Å². The summed E-state index contributed by atoms with van der Waals surface area (Å²) in [5, 5.41) is 2.59. The monoisotopic (exact) mass is 228 g/mol. The highest BCUT2D eigenvalue weighted by Gasteiger charge is 2.07. The van der Waals surface area contributed by atoms with Gasteiger partial charge in [0.25, 0.3) is 0 Å². The van der Waals surface area contributed by atoms with Gasteiger partial charge in [-0.15, -0.1) is 0 Å². The van der Waals surface area contributed by atoms with Crippen LogP contribution in [-0.2, 0) is 0 Å². The zero-order valence-corrected chi connectivity index (χ0v) is 10.1. The molecule has 3 N–H and O–H groups in total. The maximum atomic E-state index is 5.63. The van der Waals surface area contributed by atoms with E-state index in [-0.39, 0.29) is 0 Å². The second-order valence-corrected chi connectivity index (χ2v) is 4.07. The number of hydrazine groups is 1. The highest BCUT2D eigenvalue weighted by atomic mass is 15.4. The molecule has 0 atom stereocenters. The average Bonchev–Trinajstić information content (AvgIpc) is 2.68. The first-order valence-electron chi connectivity index (χ1n) is 5.37. The van der Waals surface area contributed by atoms with Gasteiger partial charge in [-0.1, -0.05) is 12.7 Å². The Morgan fingerprint density at radius 2 is 2.35 bits per heavy atom. The Bertz CT molecular complexity index is 578. The lowest BCUT2D eigenvalue weighted by Gasteiger charge is -2.07. The van der Waals surface area contributed by atoms with Crippen molar-refractivity contribution in [1.82, 2.24) is 15.0 Å². The number of H-pyrrole nitrogens is 1. The molecule has 0 spiro atoms. The van der Waals surface area contributed by atoms with Crippen molar-refractivity contribution < 1.29 is 0 Å². The van der Waals surface area contributed by atoms with Gasteiger partial charge in [-0.25, -0.2) is 10.8 Å². The molecule has 2 heterocycles. The van der Waals surface area contributed by atoms with Gasteiger partial charge in [-0.3, -0.25) is 0 Å². The molecule has 0 aliphatic carbocycles. The van der Waals surface area contributed by atoms with Crippen LogP contribution in [0.4, 0.5) is 0 Å². The fourth-order valence-electron chi connectivity index (χ4n) is 1.80. The van der Waals surface area contributed by atoms with Crippen LogP contribution < -0.4 is 5.84 Å². The van der Waals surface area contributed by atoms with Crippen molar-refractivity contribution in [2.75, 3.05) is 7.05 Å². The minimum absolute atomic E-state index is 0.873. The summed E-state index contributed by atoms with van der Waals surface area (Å²) in [4.78, 5) is 7.48. The standard InChI is InChI=1S/C13H16N4/c1-4-10(8-17(3)14)12-7-16-13-11(12)5-9(2)6-15-13/h4-8H,1,14H2,2-3H3,(H,15,16)/b10-8+. The van der Waals surface area contributed by atoms with Crippen LogP contribution in [-0.4, -0.2) is 22.0 Å². The normalized spacial score (nSPS) is 11.8. The van der Waals surface area contributed by atoms with Gasteiger partial charge in [0, 0.05) is 42.2 Å². The number of pyridine rings is 1. The van der Waals surface area contributed by atoms with Crippen LogP contribution >= 0.6 is 0 Å². The summed E-state index contributed by atoms with van der Waals surface area (Å²) >= 11 is 0. The minimum Gasteiger partial charge on any atom is -0.346 e. The third-order valence-electron chi connectivity index (χ3n) is 2.54. The lowest BCUT2D eigenvalue weighted by Crippen LogP contribution is -2.18. The van der Waals surface area contributed by atoms with E-state index < -0.39 is 0 Å². The van der Waals surface area contributed by atoms with Gasteiger partial charge in [0.05, 0.1) is 0 Å². The number of nitrogens with zero attached hydrogens (tertiary/aromatic N) is 2. The summed E-state index contributed by atoms with van der Waals surface area (Å²) < 4.78 is 0. The highest BCUT2D eigenvalue weighted by Crippen LogP contribution is 2.25. The van der Waals surface area contributed by atoms with Gasteiger partial charge in [0.2, 0.25) is 0 Å². The molecule has 0 unspecified atom stereocenters. The summed E-state index contributed by atoms with van der Waals surface area (Å²) in [5.74, 6) is 5.63. The second-order valence-electron chi connectivity index (χ2n) is 4.07. The van der Waals surface area contributed by atoms with Crippen molar-refractivity contribution in [2.45, 2.75) is 6.92 Å². The molecular weight excluding hydrogens is 212 g/mol. The molecule has 0 aromatic carbocycles. The molecule has 4 nitrogen and oxygen atoms in total. The van der Waals surface area contributed by atoms with Crippen LogP contribution in [0.25, 0.3) is 16.6 Å². The molecule has 88 valence electrons. The molecule has 0 radical (unpaired) electrons. The SMILES string of the molecule is C=C/C(=C\N(C)N)c1c[nH]c2ncc(C)cc12. The van der Waals surface area contributed by atoms with E-state index in [1.807, 2.05) is 25.5 Å². The topological polar surface area (TPSA) is 57.9 Å². The fourth-order valence-corrected chi connectivity index (χ4v) is 1.80. The van der Waals surface area contributed by atoms with Crippen LogP contribution in [0, 0.1) is 6.92 Å². The van der Waals surface area contributed by atoms with Crippen molar-refractivity contribution in [1.29, 1.82) is 0 Å². The first-order valence-corrected chi connectivity index (χ1v) is 5.37. The number of hydrogen-bond donors (Lipinski definition) is 2. The number of aromatic amines is 1. The molecule has 2 rings (SSSR count). The van der Waals surface area contributed by atoms with Crippen LogP contribution in [0.5, 0.6) is 0 Å². The molecule has 17 heavy (non-hydrogen) atoms. The zero-order chi connectivity index (χ0) is 12.4. The number of nitrogens with one attached hydrogen (secondary N) is 1. The number of fused-ring (bicyclic) bond motifs is 1. The molecule has 4 heteroatoms. The molecule has 0 fully saturated rings. The summed E-state index contributed by atoms with van der Waals surface area (Å²) in [6.45, 7) is 5.84. The highest BCUT2D eigenvalue weighted by molar-refractivity contribution is 5.93. The van der Waals surface area contributed by atoms with Gasteiger partial charge < -0.3 is 9.99 Å². The number of rotatable bonds is 3. The Morgan fingerprint density at radius 3 is 3.00 bits per heavy atom. The number of allylic oxidation sites excluding steroid dienone is 2. The molecule has 0 saturated heterocycles. The number of aromatic nitrogens is 2. The first kappa shape index (κ1) is 11.4. The number of nitrogens with two attached hydrogens (primary N) is 1. The van der Waals surface area contributed by atoms with E-state index in [0.717, 1.165) is 27.7 Å². The van der Waals surface area contributed by atoms with Gasteiger partial charge in [-0.05, 0) is 18.6 Å². The van der Waals surface area contributed by atoms with Crippen LogP contribution in [0.2, 0.25) is 0 Å². The van der Waals surface area contributed by atoms with Crippen molar-refractivity contribution >= 4 is 16.6 Å². The molecule has 0 bridgehead atoms. The molecule has 2 aromatic heterocycles. The van der Waals surface area contributed by atoms with E-state index >= 15 is 0 Å². The van der Waals surface area contributed by atoms with Crippen LogP contribution in [0.15, 0.2) is 37.3 Å². The maximum Gasteiger partial charge on any atom is 0.137 e. The van der Waals surface area contributed by atoms with E-state index in [0.29, 0.717) is 0 Å². The maximum absolute atomic E-state index is 5.63. The van der Waals surface area contributed by atoms with Gasteiger partial charge in [0.15, 0.2) is 0 Å². The third kappa shape index (κ3) is 2.21. The molecule has 2 aromatic rings. The summed E-state index contributed by atoms with van der Waals surface area (Å²) in [7, 11) is 1.78. The van der Waals surface area contributed by atoms with E-state index in [2.05, 4.69) is 22.6 Å². The lowest BCUT2D eigenvalue weighted by molar-refractivity contribution is 0.487. The van der Waals surface area contributed by atoms with Crippen molar-refractivity contribution in [3.05, 3.63) is 48.4 Å². The van der Waals surface area contributed by atoms with Crippen molar-refractivity contribution in [3.63, 3.8) is 0 Å². The quantitative estimate of drug-likeness (QED) is 0.481. The van der Waals surface area contributed by atoms with Crippen LogP contribution in [0.3, 0.4) is 0 Å². The molecule has 0 amide bonds. The van der Waals surface area contributed by atoms with Crippen molar-refractivity contribution in [3.8, 4) is 0 Å². The molecule has 0 aliphatic heterocycles.